The van der Waals surface area contributed by atoms with Gasteiger partial charge in [-0.25, -0.2) is 0 Å². The maximum atomic E-state index is 6.22. The molecule has 1 fully saturated rings. The number of hydrogen-bond donors (Lipinski definition) is 2. The number of nitrogen functional groups attached to an aromatic ring is 1. The molecule has 5 heteroatoms. The van der Waals surface area contributed by atoms with Crippen LogP contribution in [0.5, 0.6) is 0 Å². The Labute approximate surface area is 119 Å². The molecule has 1 aliphatic rings. The van der Waals surface area contributed by atoms with Crippen LogP contribution >= 0.6 is 11.9 Å². The highest BCUT2D eigenvalue weighted by atomic mass is 32.2. The van der Waals surface area contributed by atoms with Crippen LogP contribution in [0.2, 0.25) is 0 Å². The van der Waals surface area contributed by atoms with Crippen molar-refractivity contribution in [2.45, 2.75) is 30.2 Å². The van der Waals surface area contributed by atoms with E-state index in [1.807, 2.05) is 13.1 Å². The highest BCUT2D eigenvalue weighted by Gasteiger charge is 2.23. The summed E-state index contributed by atoms with van der Waals surface area (Å²) in [5, 5.41) is 0. The van der Waals surface area contributed by atoms with E-state index < -0.39 is 0 Å². The molecular formula is C14H23N3OS. The van der Waals surface area contributed by atoms with Crippen molar-refractivity contribution in [3.63, 3.8) is 0 Å². The smallest absolute Gasteiger partial charge is 0.0666 e. The molecule has 106 valence electrons. The molecule has 1 aromatic carbocycles. The van der Waals surface area contributed by atoms with Crippen LogP contribution in [0.25, 0.3) is 0 Å². The van der Waals surface area contributed by atoms with Crippen LogP contribution in [-0.4, -0.2) is 33.4 Å². The molecule has 1 saturated heterocycles. The van der Waals surface area contributed by atoms with Crippen molar-refractivity contribution in [1.82, 2.24) is 4.72 Å². The Morgan fingerprint density at radius 3 is 3.00 bits per heavy atom. The number of ether oxygens (including phenoxy) is 1. The third-order valence-corrected chi connectivity index (χ3v) is 4.21. The normalized spacial score (nSPS) is 19.7. The van der Waals surface area contributed by atoms with Gasteiger partial charge < -0.3 is 15.4 Å². The molecule has 0 saturated carbocycles. The fourth-order valence-electron chi connectivity index (χ4n) is 2.66. The Balaban J connectivity index is 2.18. The number of nitrogens with one attached hydrogen (secondary N) is 1. The second kappa shape index (κ2) is 7.03. The summed E-state index contributed by atoms with van der Waals surface area (Å²) in [5.74, 6) is 0. The van der Waals surface area contributed by atoms with Gasteiger partial charge in [0, 0.05) is 18.6 Å². The maximum Gasteiger partial charge on any atom is 0.0666 e. The molecule has 0 aliphatic carbocycles. The molecule has 0 aromatic heterocycles. The van der Waals surface area contributed by atoms with Gasteiger partial charge in [-0.3, -0.25) is 4.72 Å². The lowest BCUT2D eigenvalue weighted by Gasteiger charge is -2.37. The largest absolute Gasteiger partial charge is 0.397 e. The summed E-state index contributed by atoms with van der Waals surface area (Å²) in [4.78, 5) is 3.54. The molecule has 1 aliphatic heterocycles. The molecule has 2 rings (SSSR count). The topological polar surface area (TPSA) is 50.5 Å². The minimum Gasteiger partial charge on any atom is -0.397 e. The molecule has 0 radical (unpaired) electrons. The second-order valence-electron chi connectivity index (χ2n) is 4.83. The number of methoxy groups -OCH3 is 1. The quantitative estimate of drug-likeness (QED) is 0.641. The van der Waals surface area contributed by atoms with Gasteiger partial charge in [0.05, 0.1) is 24.0 Å². The molecule has 1 heterocycles. The van der Waals surface area contributed by atoms with Crippen molar-refractivity contribution in [2.75, 3.05) is 37.9 Å². The van der Waals surface area contributed by atoms with Gasteiger partial charge in [-0.1, -0.05) is 0 Å². The number of nitrogens with zero attached hydrogens (tertiary/aromatic N) is 1. The van der Waals surface area contributed by atoms with Gasteiger partial charge in [-0.15, -0.1) is 0 Å². The Morgan fingerprint density at radius 2 is 2.32 bits per heavy atom. The summed E-state index contributed by atoms with van der Waals surface area (Å²) in [6, 6.07) is 6.73. The first-order chi connectivity index (χ1) is 9.26. The van der Waals surface area contributed by atoms with Crippen LogP contribution in [0, 0.1) is 0 Å². The van der Waals surface area contributed by atoms with E-state index in [1.54, 1.807) is 19.1 Å². The van der Waals surface area contributed by atoms with Gasteiger partial charge in [0.15, 0.2) is 0 Å². The van der Waals surface area contributed by atoms with E-state index in [9.17, 15) is 0 Å². The zero-order valence-corrected chi connectivity index (χ0v) is 12.5. The van der Waals surface area contributed by atoms with Crippen molar-refractivity contribution in [2.24, 2.45) is 0 Å². The average molecular weight is 281 g/mol. The van der Waals surface area contributed by atoms with Crippen LogP contribution in [0.1, 0.15) is 19.3 Å². The van der Waals surface area contributed by atoms with Crippen molar-refractivity contribution in [3.05, 3.63) is 18.2 Å². The molecule has 19 heavy (non-hydrogen) atoms. The number of piperidine rings is 1. The van der Waals surface area contributed by atoms with E-state index in [2.05, 4.69) is 21.8 Å². The first-order valence-corrected chi connectivity index (χ1v) is 7.56. The van der Waals surface area contributed by atoms with Gasteiger partial charge in [0.25, 0.3) is 0 Å². The van der Waals surface area contributed by atoms with E-state index in [-0.39, 0.29) is 0 Å². The Bertz CT molecular complexity index is 412. The highest BCUT2D eigenvalue weighted by molar-refractivity contribution is 7.97. The number of rotatable bonds is 5. The van der Waals surface area contributed by atoms with Crippen LogP contribution in [0.15, 0.2) is 23.1 Å². The van der Waals surface area contributed by atoms with Crippen molar-refractivity contribution in [3.8, 4) is 0 Å². The summed E-state index contributed by atoms with van der Waals surface area (Å²) in [5.41, 5.74) is 8.21. The zero-order chi connectivity index (χ0) is 13.7. The minimum absolute atomic E-state index is 0.448. The van der Waals surface area contributed by atoms with E-state index >= 15 is 0 Å². The molecule has 4 nitrogen and oxygen atoms in total. The lowest BCUT2D eigenvalue weighted by molar-refractivity contribution is 0.166. The predicted molar refractivity (Wildman–Crippen MR) is 82.6 cm³/mol. The van der Waals surface area contributed by atoms with Crippen LogP contribution in [0.3, 0.4) is 0 Å². The second-order valence-corrected chi connectivity index (χ2v) is 5.91. The van der Waals surface area contributed by atoms with E-state index in [0.29, 0.717) is 6.04 Å². The molecule has 0 spiro atoms. The Hall–Kier alpha value is -0.910. The Morgan fingerprint density at radius 1 is 1.47 bits per heavy atom. The van der Waals surface area contributed by atoms with Crippen LogP contribution in [-0.2, 0) is 4.74 Å². The Kier molecular flexibility index (Phi) is 5.36. The van der Waals surface area contributed by atoms with E-state index in [1.165, 1.54) is 19.3 Å². The van der Waals surface area contributed by atoms with Crippen LogP contribution in [0.4, 0.5) is 11.4 Å². The fraction of sp³-hybridized carbons (Fsp3) is 0.571. The van der Waals surface area contributed by atoms with Crippen molar-refractivity contribution in [1.29, 1.82) is 0 Å². The highest BCUT2D eigenvalue weighted by Crippen LogP contribution is 2.32. The summed E-state index contributed by atoms with van der Waals surface area (Å²) in [6.45, 7) is 1.84. The van der Waals surface area contributed by atoms with Gasteiger partial charge in [0.1, 0.15) is 0 Å². The minimum atomic E-state index is 0.448. The summed E-state index contributed by atoms with van der Waals surface area (Å²) >= 11 is 1.58. The molecule has 0 amide bonds. The molecule has 1 atom stereocenters. The first kappa shape index (κ1) is 14.5. The molecule has 0 bridgehead atoms. The van der Waals surface area contributed by atoms with Gasteiger partial charge >= 0.3 is 0 Å². The van der Waals surface area contributed by atoms with Gasteiger partial charge in [0.2, 0.25) is 0 Å². The monoisotopic (exact) mass is 281 g/mol. The molecule has 3 N–H and O–H groups in total. The molecule has 1 unspecified atom stereocenters. The lowest BCUT2D eigenvalue weighted by atomic mass is 10.0. The third-order valence-electron chi connectivity index (χ3n) is 3.51. The van der Waals surface area contributed by atoms with E-state index in [0.717, 1.165) is 29.4 Å². The lowest BCUT2D eigenvalue weighted by Crippen LogP contribution is -2.42. The zero-order valence-electron chi connectivity index (χ0n) is 11.7. The first-order valence-electron chi connectivity index (χ1n) is 6.75. The SMILES string of the molecule is CNSc1ccc(N2CCCCC2COC)c(N)c1. The maximum absolute atomic E-state index is 6.22. The van der Waals surface area contributed by atoms with Crippen molar-refractivity contribution < 1.29 is 4.74 Å². The summed E-state index contributed by atoms with van der Waals surface area (Å²) in [7, 11) is 3.68. The summed E-state index contributed by atoms with van der Waals surface area (Å²) in [6.07, 6.45) is 3.69. The van der Waals surface area contributed by atoms with E-state index in [4.69, 9.17) is 10.5 Å². The molecule has 1 aromatic rings. The van der Waals surface area contributed by atoms with Crippen LogP contribution < -0.4 is 15.4 Å². The number of hydrogen-bond acceptors (Lipinski definition) is 5. The van der Waals surface area contributed by atoms with Crippen molar-refractivity contribution >= 4 is 23.3 Å². The van der Waals surface area contributed by atoms with Gasteiger partial charge in [-0.2, -0.15) is 0 Å². The molecular weight excluding hydrogens is 258 g/mol. The number of nitrogens with two attached hydrogens (primary N) is 1. The number of anilines is 2. The predicted octanol–water partition coefficient (Wildman–Crippen LogP) is 2.50. The van der Waals surface area contributed by atoms with Gasteiger partial charge in [-0.05, 0) is 56.5 Å². The third kappa shape index (κ3) is 3.55. The number of benzene rings is 1. The summed E-state index contributed by atoms with van der Waals surface area (Å²) < 4.78 is 8.41. The standard InChI is InChI=1S/C14H23N3OS/c1-16-19-12-6-7-14(13(15)9-12)17-8-4-3-5-11(17)10-18-2/h6-7,9,11,16H,3-5,8,10,15H2,1-2H3. The fourth-order valence-corrected chi connectivity index (χ4v) is 3.22. The average Bonchev–Trinajstić information content (AvgIpc) is 2.41.